The molecule has 10 heavy (non-hydrogen) atoms. The van der Waals surface area contributed by atoms with Gasteiger partial charge in [0.2, 0.25) is 0 Å². The van der Waals surface area contributed by atoms with E-state index in [-0.39, 0.29) is 0 Å². The van der Waals surface area contributed by atoms with Gasteiger partial charge in [0.1, 0.15) is 0 Å². The lowest BCUT2D eigenvalue weighted by Gasteiger charge is -1.97. The van der Waals surface area contributed by atoms with E-state index in [1.165, 1.54) is 0 Å². The number of rotatable bonds is 3. The predicted molar refractivity (Wildman–Crippen MR) is 40.8 cm³/mol. The first-order valence-corrected chi connectivity index (χ1v) is 3.44. The van der Waals surface area contributed by atoms with Crippen molar-refractivity contribution in [3.8, 4) is 0 Å². The minimum atomic E-state index is -0.819. The summed E-state index contributed by atoms with van der Waals surface area (Å²) in [5.41, 5.74) is 0.439. The number of carbonyl (C=O) groups is 1. The number of hydrogen-bond acceptors (Lipinski definition) is 1. The Morgan fingerprint density at radius 2 is 2.10 bits per heavy atom. The Bertz CT molecular complexity index is 145. The maximum Gasteiger partial charge on any atom is 0.330 e. The molecular formula is C8H14O2. The molecular weight excluding hydrogens is 128 g/mol. The topological polar surface area (TPSA) is 37.3 Å². The average molecular weight is 142 g/mol. The Hall–Kier alpha value is -0.790. The van der Waals surface area contributed by atoms with Gasteiger partial charge in [-0.1, -0.05) is 19.9 Å². The first kappa shape index (κ1) is 9.21. The van der Waals surface area contributed by atoms with E-state index >= 15 is 0 Å². The summed E-state index contributed by atoms with van der Waals surface area (Å²) >= 11 is 0. The first-order valence-electron chi connectivity index (χ1n) is 3.44. The van der Waals surface area contributed by atoms with Crippen molar-refractivity contribution >= 4 is 5.97 Å². The SMILES string of the molecule is C/C(=C/CC(C)C)C(=O)O. The Balaban J connectivity index is 3.81. The minimum absolute atomic E-state index is 0.439. The zero-order valence-electron chi connectivity index (χ0n) is 6.72. The molecule has 0 rings (SSSR count). The van der Waals surface area contributed by atoms with E-state index in [1.54, 1.807) is 13.0 Å². The molecule has 0 aromatic rings. The van der Waals surface area contributed by atoms with Crippen LogP contribution in [0.25, 0.3) is 0 Å². The highest BCUT2D eigenvalue weighted by atomic mass is 16.4. The second-order valence-electron chi connectivity index (χ2n) is 2.82. The molecule has 0 heterocycles. The van der Waals surface area contributed by atoms with E-state index in [9.17, 15) is 4.79 Å². The monoisotopic (exact) mass is 142 g/mol. The van der Waals surface area contributed by atoms with E-state index in [0.29, 0.717) is 11.5 Å². The number of carboxylic acids is 1. The molecule has 0 aliphatic rings. The summed E-state index contributed by atoms with van der Waals surface area (Å²) < 4.78 is 0. The van der Waals surface area contributed by atoms with Crippen molar-refractivity contribution in [2.45, 2.75) is 27.2 Å². The van der Waals surface area contributed by atoms with E-state index in [2.05, 4.69) is 13.8 Å². The van der Waals surface area contributed by atoms with Crippen LogP contribution < -0.4 is 0 Å². The van der Waals surface area contributed by atoms with Gasteiger partial charge in [0.25, 0.3) is 0 Å². The molecule has 0 atom stereocenters. The molecule has 1 N–H and O–H groups in total. The third-order valence-electron chi connectivity index (χ3n) is 1.23. The molecule has 0 amide bonds. The highest BCUT2D eigenvalue weighted by molar-refractivity contribution is 5.85. The summed E-state index contributed by atoms with van der Waals surface area (Å²) in [6, 6.07) is 0. The van der Waals surface area contributed by atoms with Crippen LogP contribution in [-0.4, -0.2) is 11.1 Å². The van der Waals surface area contributed by atoms with Gasteiger partial charge in [0.15, 0.2) is 0 Å². The van der Waals surface area contributed by atoms with E-state index in [0.717, 1.165) is 6.42 Å². The molecule has 58 valence electrons. The third-order valence-corrected chi connectivity index (χ3v) is 1.23. The second kappa shape index (κ2) is 4.09. The zero-order chi connectivity index (χ0) is 8.15. The average Bonchev–Trinajstić information content (AvgIpc) is 1.82. The molecule has 0 aromatic heterocycles. The molecule has 0 aromatic carbocycles. The van der Waals surface area contributed by atoms with Gasteiger partial charge in [-0.15, -0.1) is 0 Å². The highest BCUT2D eigenvalue weighted by Crippen LogP contribution is 2.03. The van der Waals surface area contributed by atoms with Crippen molar-refractivity contribution in [2.75, 3.05) is 0 Å². The van der Waals surface area contributed by atoms with Crippen LogP contribution >= 0.6 is 0 Å². The summed E-state index contributed by atoms with van der Waals surface area (Å²) in [6.45, 7) is 5.74. The van der Waals surface area contributed by atoms with Crippen LogP contribution in [0.2, 0.25) is 0 Å². The molecule has 0 aliphatic carbocycles. The normalized spacial score (nSPS) is 12.2. The largest absolute Gasteiger partial charge is 0.478 e. The smallest absolute Gasteiger partial charge is 0.330 e. The maximum absolute atomic E-state index is 10.2. The van der Waals surface area contributed by atoms with Crippen molar-refractivity contribution in [2.24, 2.45) is 5.92 Å². The van der Waals surface area contributed by atoms with E-state index in [4.69, 9.17) is 5.11 Å². The maximum atomic E-state index is 10.2. The van der Waals surface area contributed by atoms with Gasteiger partial charge in [-0.2, -0.15) is 0 Å². The summed E-state index contributed by atoms with van der Waals surface area (Å²) in [4.78, 5) is 10.2. The fourth-order valence-electron chi connectivity index (χ4n) is 0.500. The van der Waals surface area contributed by atoms with Gasteiger partial charge < -0.3 is 5.11 Å². The standard InChI is InChI=1S/C8H14O2/c1-6(2)4-5-7(3)8(9)10/h5-6H,4H2,1-3H3,(H,9,10)/b7-5-. The highest BCUT2D eigenvalue weighted by Gasteiger charge is 1.98. The molecule has 2 nitrogen and oxygen atoms in total. The minimum Gasteiger partial charge on any atom is -0.478 e. The van der Waals surface area contributed by atoms with Crippen LogP contribution in [-0.2, 0) is 4.79 Å². The van der Waals surface area contributed by atoms with Gasteiger partial charge in [-0.05, 0) is 19.3 Å². The Labute approximate surface area is 61.6 Å². The van der Waals surface area contributed by atoms with Gasteiger partial charge >= 0.3 is 5.97 Å². The van der Waals surface area contributed by atoms with Crippen LogP contribution in [0.5, 0.6) is 0 Å². The van der Waals surface area contributed by atoms with Crippen LogP contribution in [0.1, 0.15) is 27.2 Å². The van der Waals surface area contributed by atoms with E-state index < -0.39 is 5.97 Å². The van der Waals surface area contributed by atoms with Crippen LogP contribution in [0.3, 0.4) is 0 Å². The molecule has 0 fully saturated rings. The van der Waals surface area contributed by atoms with Gasteiger partial charge in [-0.3, -0.25) is 0 Å². The quantitative estimate of drug-likeness (QED) is 0.612. The fraction of sp³-hybridized carbons (Fsp3) is 0.625. The summed E-state index contributed by atoms with van der Waals surface area (Å²) in [5, 5.41) is 8.43. The molecule has 0 bridgehead atoms. The predicted octanol–water partition coefficient (Wildman–Crippen LogP) is 2.06. The molecule has 0 radical (unpaired) electrons. The van der Waals surface area contributed by atoms with Crippen LogP contribution in [0, 0.1) is 5.92 Å². The van der Waals surface area contributed by atoms with E-state index in [1.807, 2.05) is 0 Å². The van der Waals surface area contributed by atoms with Crippen molar-refractivity contribution in [3.63, 3.8) is 0 Å². The van der Waals surface area contributed by atoms with Crippen LogP contribution in [0.15, 0.2) is 11.6 Å². The first-order chi connectivity index (χ1) is 4.54. The van der Waals surface area contributed by atoms with Gasteiger partial charge in [0.05, 0.1) is 0 Å². The molecule has 0 saturated carbocycles. The molecule has 0 saturated heterocycles. The van der Waals surface area contributed by atoms with Crippen molar-refractivity contribution in [1.29, 1.82) is 0 Å². The van der Waals surface area contributed by atoms with Crippen molar-refractivity contribution in [1.82, 2.24) is 0 Å². The number of allylic oxidation sites excluding steroid dienone is 1. The van der Waals surface area contributed by atoms with Gasteiger partial charge in [0, 0.05) is 5.57 Å². The van der Waals surface area contributed by atoms with Gasteiger partial charge in [-0.25, -0.2) is 4.79 Å². The zero-order valence-corrected chi connectivity index (χ0v) is 6.72. The Morgan fingerprint density at radius 3 is 2.40 bits per heavy atom. The lowest BCUT2D eigenvalue weighted by atomic mass is 10.1. The fourth-order valence-corrected chi connectivity index (χ4v) is 0.500. The lowest BCUT2D eigenvalue weighted by molar-refractivity contribution is -0.132. The lowest BCUT2D eigenvalue weighted by Crippen LogP contribution is -1.96. The summed E-state index contributed by atoms with van der Waals surface area (Å²) in [7, 11) is 0. The Kier molecular flexibility index (Phi) is 3.77. The second-order valence-corrected chi connectivity index (χ2v) is 2.82. The van der Waals surface area contributed by atoms with Crippen molar-refractivity contribution in [3.05, 3.63) is 11.6 Å². The van der Waals surface area contributed by atoms with Crippen molar-refractivity contribution < 1.29 is 9.90 Å². The number of carboxylic acid groups (broad SMARTS) is 1. The molecule has 2 heteroatoms. The third kappa shape index (κ3) is 4.13. The number of aliphatic carboxylic acids is 1. The molecule has 0 unspecified atom stereocenters. The Morgan fingerprint density at radius 1 is 1.60 bits per heavy atom. The van der Waals surface area contributed by atoms with Crippen LogP contribution in [0.4, 0.5) is 0 Å². The number of hydrogen-bond donors (Lipinski definition) is 1. The summed E-state index contributed by atoms with van der Waals surface area (Å²) in [5.74, 6) is -0.282. The summed E-state index contributed by atoms with van der Waals surface area (Å²) in [6.07, 6.45) is 2.60. The molecule has 0 spiro atoms. The molecule has 0 aliphatic heterocycles.